The smallest absolute Gasteiger partial charge is 0.323 e. The van der Waals surface area contributed by atoms with Crippen molar-refractivity contribution in [1.82, 2.24) is 13.6 Å². The van der Waals surface area contributed by atoms with E-state index in [-0.39, 0.29) is 5.69 Å². The van der Waals surface area contributed by atoms with Crippen LogP contribution in [0.2, 0.25) is 0 Å². The number of carbonyl (C=O) groups is 3. The molecule has 16 heavy (non-hydrogen) atoms. The van der Waals surface area contributed by atoms with E-state index in [0.29, 0.717) is 4.90 Å². The Bertz CT molecular complexity index is 388. The number of nitrogens with zero attached hydrogens (tertiary/aromatic N) is 3. The molecule has 86 valence electrons. The Hall–Kier alpha value is -2.03. The third-order valence-electron chi connectivity index (χ3n) is 1.52. The van der Waals surface area contributed by atoms with Crippen LogP contribution in [0.4, 0.5) is 0 Å². The molecule has 0 bridgehead atoms. The first kappa shape index (κ1) is 12.0. The van der Waals surface area contributed by atoms with Gasteiger partial charge in [-0.25, -0.2) is 0 Å². The fraction of sp³-hybridized carbons (Fsp3) is 0.286. The maximum absolute atomic E-state index is 11.6. The summed E-state index contributed by atoms with van der Waals surface area (Å²) in [4.78, 5) is 33.1. The predicted octanol–water partition coefficient (Wildman–Crippen LogP) is -0.851. The molecule has 0 spiro atoms. The van der Waals surface area contributed by atoms with Crippen molar-refractivity contribution in [2.45, 2.75) is 0 Å². The summed E-state index contributed by atoms with van der Waals surface area (Å²) >= 11 is 0.781. The number of hydrogen-bond acceptors (Lipinski definition) is 6. The van der Waals surface area contributed by atoms with E-state index >= 15 is 0 Å². The summed E-state index contributed by atoms with van der Waals surface area (Å²) in [6.45, 7) is -1.38. The van der Waals surface area contributed by atoms with E-state index < -0.39 is 30.9 Å². The van der Waals surface area contributed by atoms with Crippen LogP contribution in [0.1, 0.15) is 10.5 Å². The molecule has 0 aliphatic heterocycles. The Balaban J connectivity index is 2.79. The van der Waals surface area contributed by atoms with Crippen LogP contribution in [0.5, 0.6) is 0 Å². The Morgan fingerprint density at radius 3 is 2.19 bits per heavy atom. The second-order valence-electron chi connectivity index (χ2n) is 2.74. The fourth-order valence-electron chi connectivity index (χ4n) is 0.947. The number of carboxylic acids is 2. The van der Waals surface area contributed by atoms with Crippen molar-refractivity contribution < 1.29 is 24.6 Å². The first-order chi connectivity index (χ1) is 7.50. The number of carboxylic acid groups (broad SMARTS) is 2. The summed E-state index contributed by atoms with van der Waals surface area (Å²) in [5, 5.41) is 17.0. The Morgan fingerprint density at radius 2 is 1.81 bits per heavy atom. The van der Waals surface area contributed by atoms with Crippen molar-refractivity contribution in [2.75, 3.05) is 13.1 Å². The molecule has 0 fully saturated rings. The lowest BCUT2D eigenvalue weighted by molar-refractivity contribution is -0.140. The maximum atomic E-state index is 11.6. The lowest BCUT2D eigenvalue weighted by atomic mass is 10.3. The first-order valence-corrected chi connectivity index (χ1v) is 4.74. The molecule has 0 saturated carbocycles. The Morgan fingerprint density at radius 1 is 1.25 bits per heavy atom. The summed E-state index contributed by atoms with van der Waals surface area (Å²) in [7, 11) is 0. The van der Waals surface area contributed by atoms with Gasteiger partial charge in [0.25, 0.3) is 5.91 Å². The van der Waals surface area contributed by atoms with E-state index in [2.05, 4.69) is 8.75 Å². The molecule has 1 rings (SSSR count). The minimum atomic E-state index is -1.29. The van der Waals surface area contributed by atoms with Crippen molar-refractivity contribution in [3.05, 3.63) is 11.9 Å². The summed E-state index contributed by atoms with van der Waals surface area (Å²) in [5.41, 5.74) is -0.0625. The van der Waals surface area contributed by atoms with E-state index in [9.17, 15) is 14.4 Å². The number of hydrogen-bond donors (Lipinski definition) is 2. The number of aromatic nitrogens is 2. The number of aliphatic carboxylic acids is 2. The topological polar surface area (TPSA) is 121 Å². The van der Waals surface area contributed by atoms with Crippen molar-refractivity contribution >= 4 is 29.6 Å². The van der Waals surface area contributed by atoms with E-state index in [1.54, 1.807) is 0 Å². The minimum absolute atomic E-state index is 0.0625. The summed E-state index contributed by atoms with van der Waals surface area (Å²) in [6.07, 6.45) is 1.16. The summed E-state index contributed by atoms with van der Waals surface area (Å²) in [6, 6.07) is 0. The molecule has 1 heterocycles. The van der Waals surface area contributed by atoms with Gasteiger partial charge in [-0.15, -0.1) is 0 Å². The summed E-state index contributed by atoms with van der Waals surface area (Å²) in [5.74, 6) is -3.35. The molecule has 8 nitrogen and oxygen atoms in total. The fourth-order valence-corrected chi connectivity index (χ4v) is 1.35. The second-order valence-corrected chi connectivity index (χ2v) is 3.30. The third kappa shape index (κ3) is 3.28. The van der Waals surface area contributed by atoms with Crippen LogP contribution in [-0.4, -0.2) is 54.8 Å². The van der Waals surface area contributed by atoms with Gasteiger partial charge in [0.1, 0.15) is 13.1 Å². The van der Waals surface area contributed by atoms with Crippen LogP contribution >= 0.6 is 11.7 Å². The number of amides is 1. The highest BCUT2D eigenvalue weighted by atomic mass is 32.1. The predicted molar refractivity (Wildman–Crippen MR) is 51.1 cm³/mol. The highest BCUT2D eigenvalue weighted by molar-refractivity contribution is 6.99. The van der Waals surface area contributed by atoms with Crippen molar-refractivity contribution in [3.63, 3.8) is 0 Å². The Labute approximate surface area is 93.5 Å². The molecule has 0 unspecified atom stereocenters. The molecule has 0 atom stereocenters. The zero-order chi connectivity index (χ0) is 12.1. The molecule has 9 heteroatoms. The van der Waals surface area contributed by atoms with Gasteiger partial charge in [-0.1, -0.05) is 0 Å². The van der Waals surface area contributed by atoms with Gasteiger partial charge < -0.3 is 15.1 Å². The number of rotatable bonds is 5. The van der Waals surface area contributed by atoms with Crippen LogP contribution in [-0.2, 0) is 9.59 Å². The molecule has 0 aliphatic rings. The maximum Gasteiger partial charge on any atom is 0.323 e. The van der Waals surface area contributed by atoms with E-state index in [0.717, 1.165) is 17.9 Å². The molecule has 0 aromatic carbocycles. The highest BCUT2D eigenvalue weighted by Gasteiger charge is 2.22. The lowest BCUT2D eigenvalue weighted by Crippen LogP contribution is -2.39. The van der Waals surface area contributed by atoms with Gasteiger partial charge in [0.15, 0.2) is 5.69 Å². The standard InChI is InChI=1S/C7H7N3O5S/c11-5(12)2-10(3-6(13)14)7(15)4-1-8-16-9-4/h1H,2-3H2,(H,11,12)(H,13,14). The monoisotopic (exact) mass is 245 g/mol. The minimum Gasteiger partial charge on any atom is -0.480 e. The van der Waals surface area contributed by atoms with Gasteiger partial charge in [-0.2, -0.15) is 8.75 Å². The second kappa shape index (κ2) is 5.16. The van der Waals surface area contributed by atoms with Crippen LogP contribution in [0.3, 0.4) is 0 Å². The molecule has 0 aliphatic carbocycles. The van der Waals surface area contributed by atoms with Crippen LogP contribution in [0, 0.1) is 0 Å². The van der Waals surface area contributed by atoms with E-state index in [1.165, 1.54) is 0 Å². The molecular weight excluding hydrogens is 238 g/mol. The first-order valence-electron chi connectivity index (χ1n) is 4.01. The normalized spacial score (nSPS) is 9.75. The van der Waals surface area contributed by atoms with Gasteiger partial charge in [0.2, 0.25) is 0 Å². The van der Waals surface area contributed by atoms with E-state index in [4.69, 9.17) is 10.2 Å². The van der Waals surface area contributed by atoms with Crippen LogP contribution in [0.15, 0.2) is 6.20 Å². The van der Waals surface area contributed by atoms with Crippen LogP contribution < -0.4 is 0 Å². The zero-order valence-electron chi connectivity index (χ0n) is 7.86. The van der Waals surface area contributed by atoms with E-state index in [1.807, 2.05) is 0 Å². The van der Waals surface area contributed by atoms with Gasteiger partial charge in [0.05, 0.1) is 17.9 Å². The van der Waals surface area contributed by atoms with Crippen molar-refractivity contribution in [3.8, 4) is 0 Å². The molecule has 1 aromatic heterocycles. The van der Waals surface area contributed by atoms with Crippen molar-refractivity contribution in [2.24, 2.45) is 0 Å². The third-order valence-corrected chi connectivity index (χ3v) is 2.00. The van der Waals surface area contributed by atoms with Gasteiger partial charge >= 0.3 is 11.9 Å². The summed E-state index contributed by atoms with van der Waals surface area (Å²) < 4.78 is 7.18. The average Bonchev–Trinajstić information content (AvgIpc) is 2.66. The quantitative estimate of drug-likeness (QED) is 0.692. The molecule has 1 amide bonds. The Kier molecular flexibility index (Phi) is 3.89. The SMILES string of the molecule is O=C(O)CN(CC(=O)O)C(=O)c1cnsn1. The lowest BCUT2D eigenvalue weighted by Gasteiger charge is -2.16. The molecule has 1 aromatic rings. The molecule has 0 saturated heterocycles. The van der Waals surface area contributed by atoms with Gasteiger partial charge in [-0.3, -0.25) is 14.4 Å². The molecular formula is C7H7N3O5S. The van der Waals surface area contributed by atoms with Crippen molar-refractivity contribution in [1.29, 1.82) is 0 Å². The average molecular weight is 245 g/mol. The number of carbonyl (C=O) groups excluding carboxylic acids is 1. The van der Waals surface area contributed by atoms with Gasteiger partial charge in [-0.05, 0) is 0 Å². The van der Waals surface area contributed by atoms with Crippen LogP contribution in [0.25, 0.3) is 0 Å². The zero-order valence-corrected chi connectivity index (χ0v) is 8.68. The largest absolute Gasteiger partial charge is 0.480 e. The highest BCUT2D eigenvalue weighted by Crippen LogP contribution is 2.02. The molecule has 2 N–H and O–H groups in total. The molecule has 0 radical (unpaired) electrons. The van der Waals surface area contributed by atoms with Gasteiger partial charge in [0, 0.05) is 0 Å².